The molecule has 1 saturated carbocycles. The number of aliphatic carboxylic acids is 1. The molecule has 1 rings (SSSR count). The third-order valence-electron chi connectivity index (χ3n) is 2.90. The molecular weight excluding hydrogens is 240 g/mol. The Morgan fingerprint density at radius 1 is 1.41 bits per heavy atom. The van der Waals surface area contributed by atoms with E-state index in [0.717, 1.165) is 18.6 Å². The van der Waals surface area contributed by atoms with E-state index in [-0.39, 0.29) is 12.1 Å². The number of carbonyl (C=O) groups is 2. The molecule has 1 aliphatic carbocycles. The van der Waals surface area contributed by atoms with Gasteiger partial charge in [-0.1, -0.05) is 0 Å². The monoisotopic (exact) mass is 260 g/mol. The molecule has 0 aromatic heterocycles. The molecule has 0 aromatic rings. The van der Waals surface area contributed by atoms with Crippen LogP contribution in [0.2, 0.25) is 0 Å². The molecule has 1 aliphatic rings. The van der Waals surface area contributed by atoms with Crippen molar-refractivity contribution in [3.63, 3.8) is 0 Å². The van der Waals surface area contributed by atoms with Crippen LogP contribution in [-0.4, -0.2) is 41.2 Å². The van der Waals surface area contributed by atoms with E-state index in [4.69, 9.17) is 5.11 Å². The van der Waals surface area contributed by atoms with Crippen LogP contribution in [0, 0.1) is 5.92 Å². The lowest BCUT2D eigenvalue weighted by atomic mass is 10.2. The summed E-state index contributed by atoms with van der Waals surface area (Å²) < 4.78 is 0. The fourth-order valence-corrected chi connectivity index (χ4v) is 2.09. The van der Waals surface area contributed by atoms with Gasteiger partial charge in [0, 0.05) is 6.04 Å². The summed E-state index contributed by atoms with van der Waals surface area (Å²) in [6.45, 7) is 1.95. The van der Waals surface area contributed by atoms with Crippen molar-refractivity contribution in [1.82, 2.24) is 10.6 Å². The standard InChI is InChI=1S/C11H20N2O3S/c1-7(8-3-4-8)12-11(16)13-9(10(14)15)5-6-17-2/h7-9H,3-6H2,1-2H3,(H,14,15)(H2,12,13,16)/t7?,9-/m0/s1. The first-order valence-corrected chi connectivity index (χ1v) is 7.22. The number of hydrogen-bond acceptors (Lipinski definition) is 3. The number of amides is 2. The lowest BCUT2D eigenvalue weighted by molar-refractivity contribution is -0.139. The third-order valence-corrected chi connectivity index (χ3v) is 3.55. The highest BCUT2D eigenvalue weighted by molar-refractivity contribution is 7.98. The van der Waals surface area contributed by atoms with Gasteiger partial charge in [-0.15, -0.1) is 0 Å². The van der Waals surface area contributed by atoms with Gasteiger partial charge in [-0.2, -0.15) is 11.8 Å². The highest BCUT2D eigenvalue weighted by Crippen LogP contribution is 2.32. The number of carbonyl (C=O) groups excluding carboxylic acids is 1. The predicted molar refractivity (Wildman–Crippen MR) is 68.3 cm³/mol. The molecule has 98 valence electrons. The first kappa shape index (κ1) is 14.2. The third kappa shape index (κ3) is 5.30. The SMILES string of the molecule is CSCC[C@H](NC(=O)NC(C)C1CC1)C(=O)O. The van der Waals surface area contributed by atoms with Gasteiger partial charge in [0.15, 0.2) is 0 Å². The van der Waals surface area contributed by atoms with Gasteiger partial charge in [0.2, 0.25) is 0 Å². The van der Waals surface area contributed by atoms with E-state index < -0.39 is 12.0 Å². The summed E-state index contributed by atoms with van der Waals surface area (Å²) in [6, 6.07) is -1.04. The smallest absolute Gasteiger partial charge is 0.326 e. The van der Waals surface area contributed by atoms with E-state index in [1.54, 1.807) is 11.8 Å². The zero-order valence-electron chi connectivity index (χ0n) is 10.2. The van der Waals surface area contributed by atoms with Gasteiger partial charge in [-0.25, -0.2) is 9.59 Å². The van der Waals surface area contributed by atoms with Crippen LogP contribution in [0.4, 0.5) is 4.79 Å². The molecule has 0 bridgehead atoms. The van der Waals surface area contributed by atoms with Crippen LogP contribution in [0.3, 0.4) is 0 Å². The minimum atomic E-state index is -0.978. The number of carboxylic acids is 1. The van der Waals surface area contributed by atoms with Crippen molar-refractivity contribution < 1.29 is 14.7 Å². The number of carboxylic acid groups (broad SMARTS) is 1. The lowest BCUT2D eigenvalue weighted by Crippen LogP contribution is -2.49. The van der Waals surface area contributed by atoms with Gasteiger partial charge in [-0.3, -0.25) is 0 Å². The summed E-state index contributed by atoms with van der Waals surface area (Å²) >= 11 is 1.57. The average molecular weight is 260 g/mol. The van der Waals surface area contributed by atoms with Gasteiger partial charge in [0.25, 0.3) is 0 Å². The second kappa shape index (κ2) is 6.74. The molecule has 17 heavy (non-hydrogen) atoms. The topological polar surface area (TPSA) is 78.4 Å². The van der Waals surface area contributed by atoms with Crippen LogP contribution >= 0.6 is 11.8 Å². The van der Waals surface area contributed by atoms with E-state index in [2.05, 4.69) is 10.6 Å². The number of rotatable bonds is 7. The maximum atomic E-state index is 11.6. The molecule has 0 saturated heterocycles. The van der Waals surface area contributed by atoms with Crippen LogP contribution < -0.4 is 10.6 Å². The van der Waals surface area contributed by atoms with E-state index >= 15 is 0 Å². The quantitative estimate of drug-likeness (QED) is 0.644. The summed E-state index contributed by atoms with van der Waals surface area (Å²) in [7, 11) is 0. The molecule has 2 amide bonds. The Labute approximate surface area is 106 Å². The number of thioether (sulfide) groups is 1. The minimum absolute atomic E-state index is 0.130. The molecule has 2 atom stereocenters. The van der Waals surface area contributed by atoms with Crippen molar-refractivity contribution >= 4 is 23.8 Å². The Balaban J connectivity index is 2.31. The Kier molecular flexibility index (Phi) is 5.61. The fourth-order valence-electron chi connectivity index (χ4n) is 1.61. The Morgan fingerprint density at radius 3 is 2.53 bits per heavy atom. The van der Waals surface area contributed by atoms with Crippen molar-refractivity contribution in [2.24, 2.45) is 5.92 Å². The Bertz CT molecular complexity index is 282. The van der Waals surface area contributed by atoms with Gasteiger partial charge in [0.05, 0.1) is 0 Å². The Morgan fingerprint density at radius 2 is 2.06 bits per heavy atom. The summed E-state index contributed by atoms with van der Waals surface area (Å²) in [4.78, 5) is 22.5. The van der Waals surface area contributed by atoms with Crippen molar-refractivity contribution in [1.29, 1.82) is 0 Å². The van der Waals surface area contributed by atoms with Crippen molar-refractivity contribution in [2.75, 3.05) is 12.0 Å². The number of urea groups is 1. The van der Waals surface area contributed by atoms with Crippen molar-refractivity contribution in [3.8, 4) is 0 Å². The molecule has 1 unspecified atom stereocenters. The molecule has 0 radical (unpaired) electrons. The first-order chi connectivity index (χ1) is 8.04. The first-order valence-electron chi connectivity index (χ1n) is 5.83. The largest absolute Gasteiger partial charge is 0.480 e. The highest BCUT2D eigenvalue weighted by Gasteiger charge is 2.29. The van der Waals surface area contributed by atoms with E-state index in [9.17, 15) is 9.59 Å². The number of hydrogen-bond donors (Lipinski definition) is 3. The van der Waals surface area contributed by atoms with Crippen LogP contribution in [0.5, 0.6) is 0 Å². The molecule has 0 spiro atoms. The molecule has 1 fully saturated rings. The Hall–Kier alpha value is -0.910. The molecule has 0 heterocycles. The van der Waals surface area contributed by atoms with E-state index in [1.807, 2.05) is 13.2 Å². The second-order valence-corrected chi connectivity index (χ2v) is 5.40. The molecule has 5 nitrogen and oxygen atoms in total. The molecule has 3 N–H and O–H groups in total. The summed E-state index contributed by atoms with van der Waals surface area (Å²) in [5.41, 5.74) is 0. The minimum Gasteiger partial charge on any atom is -0.480 e. The van der Waals surface area contributed by atoms with Crippen molar-refractivity contribution in [3.05, 3.63) is 0 Å². The van der Waals surface area contributed by atoms with Crippen LogP contribution in [0.25, 0.3) is 0 Å². The molecular formula is C11H20N2O3S. The van der Waals surface area contributed by atoms with Gasteiger partial charge in [-0.05, 0) is 44.1 Å². The van der Waals surface area contributed by atoms with Crippen LogP contribution in [-0.2, 0) is 4.79 Å². The normalized spacial score (nSPS) is 18.2. The van der Waals surface area contributed by atoms with E-state index in [0.29, 0.717) is 12.3 Å². The number of nitrogens with one attached hydrogen (secondary N) is 2. The summed E-state index contributed by atoms with van der Waals surface area (Å²) in [6.07, 6.45) is 4.66. The lowest BCUT2D eigenvalue weighted by Gasteiger charge is -2.17. The maximum absolute atomic E-state index is 11.6. The predicted octanol–water partition coefficient (Wildman–Crippen LogP) is 1.29. The summed E-state index contributed by atoms with van der Waals surface area (Å²) in [5.74, 6) is 0.304. The van der Waals surface area contributed by atoms with Crippen LogP contribution in [0.1, 0.15) is 26.2 Å². The molecule has 6 heteroatoms. The molecule has 0 aliphatic heterocycles. The fraction of sp³-hybridized carbons (Fsp3) is 0.818. The van der Waals surface area contributed by atoms with Gasteiger partial charge < -0.3 is 15.7 Å². The molecule has 0 aromatic carbocycles. The van der Waals surface area contributed by atoms with Gasteiger partial charge in [0.1, 0.15) is 6.04 Å². The summed E-state index contributed by atoms with van der Waals surface area (Å²) in [5, 5.41) is 14.2. The zero-order valence-corrected chi connectivity index (χ0v) is 11.0. The zero-order chi connectivity index (χ0) is 12.8. The highest BCUT2D eigenvalue weighted by atomic mass is 32.2. The second-order valence-electron chi connectivity index (χ2n) is 4.42. The van der Waals surface area contributed by atoms with Crippen molar-refractivity contribution in [2.45, 2.75) is 38.3 Å². The van der Waals surface area contributed by atoms with E-state index in [1.165, 1.54) is 0 Å². The van der Waals surface area contributed by atoms with Crippen LogP contribution in [0.15, 0.2) is 0 Å². The maximum Gasteiger partial charge on any atom is 0.326 e. The average Bonchev–Trinajstić information content (AvgIpc) is 3.07. The van der Waals surface area contributed by atoms with Gasteiger partial charge >= 0.3 is 12.0 Å².